The molecule has 0 aliphatic carbocycles. The second-order valence-electron chi connectivity index (χ2n) is 8.22. The SMILES string of the molecule is Cc1ccc(Cn2cc(C=C3SC(=O)N(Cc4ccc(F)cc4Cl)C3=O)c3ccccc32)cc1. The minimum absolute atomic E-state index is 0.00367. The molecule has 0 atom stereocenters. The highest BCUT2D eigenvalue weighted by molar-refractivity contribution is 8.18. The summed E-state index contributed by atoms with van der Waals surface area (Å²) in [5.74, 6) is -0.851. The molecular formula is C27H20ClFN2O2S. The van der Waals surface area contributed by atoms with Gasteiger partial charge in [-0.3, -0.25) is 14.5 Å². The Morgan fingerprint density at radius 3 is 2.53 bits per heavy atom. The van der Waals surface area contributed by atoms with E-state index in [0.29, 0.717) is 17.0 Å². The molecule has 0 spiro atoms. The van der Waals surface area contributed by atoms with Crippen LogP contribution >= 0.6 is 23.4 Å². The molecule has 0 saturated carbocycles. The molecule has 4 nitrogen and oxygen atoms in total. The van der Waals surface area contributed by atoms with E-state index in [4.69, 9.17) is 11.6 Å². The van der Waals surface area contributed by atoms with E-state index in [2.05, 4.69) is 35.8 Å². The van der Waals surface area contributed by atoms with Gasteiger partial charge in [0.25, 0.3) is 11.1 Å². The predicted molar refractivity (Wildman–Crippen MR) is 135 cm³/mol. The summed E-state index contributed by atoms with van der Waals surface area (Å²) in [6.07, 6.45) is 3.78. The lowest BCUT2D eigenvalue weighted by molar-refractivity contribution is -0.123. The number of carbonyl (C=O) groups excluding carboxylic acids is 2. The Hall–Kier alpha value is -3.35. The Morgan fingerprint density at radius 2 is 1.76 bits per heavy atom. The maximum absolute atomic E-state index is 13.4. The summed E-state index contributed by atoms with van der Waals surface area (Å²) in [6, 6.07) is 20.3. The molecule has 2 amide bonds. The van der Waals surface area contributed by atoms with Gasteiger partial charge >= 0.3 is 0 Å². The third kappa shape index (κ3) is 4.39. The van der Waals surface area contributed by atoms with Gasteiger partial charge in [0.1, 0.15) is 5.82 Å². The van der Waals surface area contributed by atoms with Crippen molar-refractivity contribution in [2.45, 2.75) is 20.0 Å². The zero-order valence-electron chi connectivity index (χ0n) is 18.3. The lowest BCUT2D eigenvalue weighted by Gasteiger charge is -2.13. The summed E-state index contributed by atoms with van der Waals surface area (Å²) in [5.41, 5.74) is 4.81. The number of benzene rings is 3. The number of nitrogens with zero attached hydrogens (tertiary/aromatic N) is 2. The lowest BCUT2D eigenvalue weighted by Crippen LogP contribution is -2.27. The average Bonchev–Trinajstić information content (AvgIpc) is 3.29. The van der Waals surface area contributed by atoms with Gasteiger partial charge in [-0.2, -0.15) is 0 Å². The fourth-order valence-corrected chi connectivity index (χ4v) is 5.07. The van der Waals surface area contributed by atoms with Crippen molar-refractivity contribution in [1.82, 2.24) is 9.47 Å². The van der Waals surface area contributed by atoms with Crippen molar-refractivity contribution in [1.29, 1.82) is 0 Å². The molecule has 3 aromatic carbocycles. The summed E-state index contributed by atoms with van der Waals surface area (Å²) in [6.45, 7) is 2.75. The number of halogens is 2. The molecule has 1 saturated heterocycles. The normalized spacial score (nSPS) is 15.1. The molecule has 1 aliphatic rings. The molecular weight excluding hydrogens is 471 g/mol. The van der Waals surface area contributed by atoms with Crippen molar-refractivity contribution in [3.8, 4) is 0 Å². The number of para-hydroxylation sites is 1. The summed E-state index contributed by atoms with van der Waals surface area (Å²) >= 11 is 7.00. The molecule has 34 heavy (non-hydrogen) atoms. The first kappa shape index (κ1) is 22.4. The molecule has 5 rings (SSSR count). The van der Waals surface area contributed by atoms with Gasteiger partial charge in [-0.1, -0.05) is 65.7 Å². The van der Waals surface area contributed by atoms with Gasteiger partial charge in [-0.05, 0) is 54.1 Å². The zero-order chi connectivity index (χ0) is 23.8. The Kier molecular flexibility index (Phi) is 6.02. The first-order chi connectivity index (χ1) is 16.4. The van der Waals surface area contributed by atoms with Crippen LogP contribution in [0, 0.1) is 12.7 Å². The third-order valence-electron chi connectivity index (χ3n) is 5.80. The number of hydrogen-bond donors (Lipinski definition) is 0. The van der Waals surface area contributed by atoms with E-state index < -0.39 is 5.82 Å². The number of rotatable bonds is 5. The molecule has 4 aromatic rings. The van der Waals surface area contributed by atoms with Gasteiger partial charge < -0.3 is 4.57 Å². The number of imide groups is 1. The predicted octanol–water partition coefficient (Wildman–Crippen LogP) is 7.03. The van der Waals surface area contributed by atoms with Crippen LogP contribution < -0.4 is 0 Å². The highest BCUT2D eigenvalue weighted by Crippen LogP contribution is 2.36. The van der Waals surface area contributed by atoms with Crippen LogP contribution in [0.25, 0.3) is 17.0 Å². The maximum Gasteiger partial charge on any atom is 0.293 e. The topological polar surface area (TPSA) is 42.3 Å². The van der Waals surface area contributed by atoms with Crippen molar-refractivity contribution >= 4 is 51.5 Å². The van der Waals surface area contributed by atoms with Crippen molar-refractivity contribution in [3.05, 3.63) is 111 Å². The van der Waals surface area contributed by atoms with Crippen LogP contribution in [0.1, 0.15) is 22.3 Å². The van der Waals surface area contributed by atoms with E-state index in [9.17, 15) is 14.0 Å². The van der Waals surface area contributed by atoms with Crippen LogP contribution in [0.2, 0.25) is 5.02 Å². The maximum atomic E-state index is 13.4. The molecule has 0 unspecified atom stereocenters. The number of aryl methyl sites for hydroxylation is 1. The Labute approximate surface area is 205 Å². The van der Waals surface area contributed by atoms with Gasteiger partial charge in [0.2, 0.25) is 0 Å². The first-order valence-electron chi connectivity index (χ1n) is 10.7. The minimum Gasteiger partial charge on any atom is -0.342 e. The van der Waals surface area contributed by atoms with Crippen LogP contribution in [0.4, 0.5) is 9.18 Å². The highest BCUT2D eigenvalue weighted by atomic mass is 35.5. The smallest absolute Gasteiger partial charge is 0.293 e. The van der Waals surface area contributed by atoms with E-state index in [0.717, 1.165) is 33.1 Å². The molecule has 1 aliphatic heterocycles. The summed E-state index contributed by atoms with van der Waals surface area (Å²) in [7, 11) is 0. The average molecular weight is 491 g/mol. The summed E-state index contributed by atoms with van der Waals surface area (Å²) in [4.78, 5) is 27.2. The van der Waals surface area contributed by atoms with Crippen LogP contribution in [0.15, 0.2) is 77.8 Å². The van der Waals surface area contributed by atoms with Crippen LogP contribution in [0.5, 0.6) is 0 Å². The monoisotopic (exact) mass is 490 g/mol. The van der Waals surface area contributed by atoms with Crippen molar-refractivity contribution in [2.24, 2.45) is 0 Å². The van der Waals surface area contributed by atoms with E-state index in [-0.39, 0.29) is 22.7 Å². The molecule has 1 fully saturated rings. The van der Waals surface area contributed by atoms with Gasteiger partial charge in [0.15, 0.2) is 0 Å². The van der Waals surface area contributed by atoms with Gasteiger partial charge in [-0.15, -0.1) is 0 Å². The summed E-state index contributed by atoms with van der Waals surface area (Å²) < 4.78 is 15.5. The van der Waals surface area contributed by atoms with Gasteiger partial charge in [-0.25, -0.2) is 4.39 Å². The van der Waals surface area contributed by atoms with E-state index in [1.165, 1.54) is 29.3 Å². The van der Waals surface area contributed by atoms with E-state index in [1.54, 1.807) is 6.08 Å². The number of hydrogen-bond acceptors (Lipinski definition) is 3. The zero-order valence-corrected chi connectivity index (χ0v) is 19.9. The fraction of sp³-hybridized carbons (Fsp3) is 0.111. The number of thioether (sulfide) groups is 1. The number of amides is 2. The van der Waals surface area contributed by atoms with Crippen LogP contribution in [-0.2, 0) is 17.9 Å². The Morgan fingerprint density at radius 1 is 1.00 bits per heavy atom. The van der Waals surface area contributed by atoms with Gasteiger partial charge in [0.05, 0.1) is 11.4 Å². The standard InChI is InChI=1S/C27H20ClFN2O2S/c1-17-6-8-18(9-7-17)14-30-15-20(22-4-2-3-5-24(22)30)12-25-26(32)31(27(33)34-25)16-19-10-11-21(29)13-23(19)28/h2-13,15H,14,16H2,1H3. The fourth-order valence-electron chi connectivity index (χ4n) is 4.01. The molecule has 1 aromatic heterocycles. The van der Waals surface area contributed by atoms with Crippen molar-refractivity contribution in [3.63, 3.8) is 0 Å². The van der Waals surface area contributed by atoms with Crippen LogP contribution in [-0.4, -0.2) is 20.6 Å². The largest absolute Gasteiger partial charge is 0.342 e. The van der Waals surface area contributed by atoms with E-state index >= 15 is 0 Å². The number of fused-ring (bicyclic) bond motifs is 1. The van der Waals surface area contributed by atoms with Gasteiger partial charge in [0, 0.05) is 34.2 Å². The van der Waals surface area contributed by atoms with Crippen molar-refractivity contribution < 1.29 is 14.0 Å². The third-order valence-corrected chi connectivity index (χ3v) is 7.06. The first-order valence-corrected chi connectivity index (χ1v) is 11.9. The van der Waals surface area contributed by atoms with Crippen LogP contribution in [0.3, 0.4) is 0 Å². The number of aromatic nitrogens is 1. The molecule has 2 heterocycles. The Bertz CT molecular complexity index is 1460. The van der Waals surface area contributed by atoms with Crippen molar-refractivity contribution in [2.75, 3.05) is 0 Å². The molecule has 7 heteroatoms. The number of carbonyl (C=O) groups is 2. The molecule has 0 N–H and O–H groups in total. The quantitative estimate of drug-likeness (QED) is 0.282. The molecule has 170 valence electrons. The second kappa shape index (κ2) is 9.12. The lowest BCUT2D eigenvalue weighted by atomic mass is 10.1. The summed E-state index contributed by atoms with van der Waals surface area (Å²) in [5, 5.41) is 0.810. The highest BCUT2D eigenvalue weighted by Gasteiger charge is 2.35. The Balaban J connectivity index is 1.45. The molecule has 0 radical (unpaired) electrons. The minimum atomic E-state index is -0.468. The molecule has 0 bridgehead atoms. The second-order valence-corrected chi connectivity index (χ2v) is 9.62. The van der Waals surface area contributed by atoms with E-state index in [1.807, 2.05) is 30.5 Å².